The van der Waals surface area contributed by atoms with Crippen molar-refractivity contribution in [3.05, 3.63) is 64.3 Å². The Morgan fingerprint density at radius 1 is 1.13 bits per heavy atom. The quantitative estimate of drug-likeness (QED) is 0.273. The number of ether oxygens (including phenoxy) is 1. The molecule has 0 saturated heterocycles. The molecule has 0 bridgehead atoms. The molecule has 0 radical (unpaired) electrons. The molecule has 1 aromatic heterocycles. The Balaban J connectivity index is 1.70. The van der Waals surface area contributed by atoms with Crippen LogP contribution in [0.3, 0.4) is 0 Å². The van der Waals surface area contributed by atoms with E-state index in [-0.39, 0.29) is 27.8 Å². The molecule has 1 amide bonds. The topological polar surface area (TPSA) is 136 Å². The zero-order valence-electron chi connectivity index (χ0n) is 21.8. The second-order valence-corrected chi connectivity index (χ2v) is 12.7. The highest BCUT2D eigenvalue weighted by Gasteiger charge is 2.29. The van der Waals surface area contributed by atoms with E-state index in [1.807, 2.05) is 19.9 Å². The zero-order chi connectivity index (χ0) is 27.6. The van der Waals surface area contributed by atoms with Crippen molar-refractivity contribution in [2.75, 3.05) is 10.6 Å². The standard InChI is InChI=1S/C27H32ClN5O4S/c1-15(2)37-14-18-11-19(17-9-10-17)20(25(29)34)12-23(18)32-27-30-13-21(28)26(33-27)31-22-7-5-6-8-24(22)38(35,36)16(3)4/h5-8,11-13,15-17H,9-10,14H2,1-4H3,(H2,29,34)(H2,30,31,32,33). The second-order valence-electron chi connectivity index (χ2n) is 9.82. The lowest BCUT2D eigenvalue weighted by atomic mass is 9.98. The Morgan fingerprint density at radius 2 is 1.84 bits per heavy atom. The van der Waals surface area contributed by atoms with E-state index >= 15 is 0 Å². The van der Waals surface area contributed by atoms with Gasteiger partial charge in [-0.25, -0.2) is 13.4 Å². The van der Waals surface area contributed by atoms with Gasteiger partial charge in [-0.05, 0) is 70.2 Å². The van der Waals surface area contributed by atoms with Gasteiger partial charge in [0, 0.05) is 16.8 Å². The summed E-state index contributed by atoms with van der Waals surface area (Å²) in [5.74, 6) is 0.226. The average molecular weight is 558 g/mol. The fourth-order valence-corrected chi connectivity index (χ4v) is 5.28. The van der Waals surface area contributed by atoms with Crippen LogP contribution in [-0.2, 0) is 21.2 Å². The van der Waals surface area contributed by atoms with Crippen molar-refractivity contribution in [3.8, 4) is 0 Å². The van der Waals surface area contributed by atoms with Gasteiger partial charge in [0.1, 0.15) is 5.02 Å². The van der Waals surface area contributed by atoms with Crippen LogP contribution < -0.4 is 16.4 Å². The van der Waals surface area contributed by atoms with E-state index in [1.165, 1.54) is 6.20 Å². The summed E-state index contributed by atoms with van der Waals surface area (Å²) in [6, 6.07) is 10.3. The minimum atomic E-state index is -3.56. The number of halogens is 1. The highest BCUT2D eigenvalue weighted by atomic mass is 35.5. The monoisotopic (exact) mass is 557 g/mol. The highest BCUT2D eigenvalue weighted by Crippen LogP contribution is 2.43. The number of nitrogens with zero attached hydrogens (tertiary/aromatic N) is 2. The molecule has 0 aliphatic heterocycles. The third-order valence-electron chi connectivity index (χ3n) is 6.19. The molecule has 4 rings (SSSR count). The van der Waals surface area contributed by atoms with Gasteiger partial charge >= 0.3 is 0 Å². The third kappa shape index (κ3) is 6.25. The number of aromatic nitrogens is 2. The first kappa shape index (κ1) is 27.8. The van der Waals surface area contributed by atoms with Crippen molar-refractivity contribution in [3.63, 3.8) is 0 Å². The first-order valence-corrected chi connectivity index (χ1v) is 14.4. The third-order valence-corrected chi connectivity index (χ3v) is 8.67. The molecule has 1 saturated carbocycles. The van der Waals surface area contributed by atoms with Crippen LogP contribution in [0.5, 0.6) is 0 Å². The number of carbonyl (C=O) groups is 1. The number of hydrogen-bond acceptors (Lipinski definition) is 8. The molecule has 3 aromatic rings. The summed E-state index contributed by atoms with van der Waals surface area (Å²) in [5, 5.41) is 5.81. The Labute approximate surface area is 228 Å². The predicted molar refractivity (Wildman–Crippen MR) is 149 cm³/mol. The van der Waals surface area contributed by atoms with E-state index in [1.54, 1.807) is 44.2 Å². The number of nitrogens with one attached hydrogen (secondary N) is 2. The van der Waals surface area contributed by atoms with Crippen molar-refractivity contribution in [1.82, 2.24) is 9.97 Å². The molecule has 38 heavy (non-hydrogen) atoms. The van der Waals surface area contributed by atoms with Crippen molar-refractivity contribution in [2.24, 2.45) is 5.73 Å². The van der Waals surface area contributed by atoms with Crippen LogP contribution in [0.25, 0.3) is 0 Å². The molecule has 9 nitrogen and oxygen atoms in total. The molecule has 0 unspecified atom stereocenters. The lowest BCUT2D eigenvalue weighted by Crippen LogP contribution is -2.16. The van der Waals surface area contributed by atoms with Gasteiger partial charge in [0.25, 0.3) is 0 Å². The summed E-state index contributed by atoms with van der Waals surface area (Å²) in [4.78, 5) is 21.2. The van der Waals surface area contributed by atoms with E-state index in [4.69, 9.17) is 22.1 Å². The highest BCUT2D eigenvalue weighted by molar-refractivity contribution is 7.92. The van der Waals surface area contributed by atoms with Crippen LogP contribution >= 0.6 is 11.6 Å². The van der Waals surface area contributed by atoms with Crippen LogP contribution in [0.15, 0.2) is 47.5 Å². The Morgan fingerprint density at radius 3 is 2.47 bits per heavy atom. The average Bonchev–Trinajstić information content (AvgIpc) is 3.70. The van der Waals surface area contributed by atoms with Crippen molar-refractivity contribution in [2.45, 2.75) is 69.3 Å². The summed E-state index contributed by atoms with van der Waals surface area (Å²) in [6.07, 6.45) is 3.45. The summed E-state index contributed by atoms with van der Waals surface area (Å²) in [6.45, 7) is 7.47. The largest absolute Gasteiger partial charge is 0.374 e. The molecule has 0 atom stereocenters. The molecule has 1 aliphatic carbocycles. The lowest BCUT2D eigenvalue weighted by Gasteiger charge is -2.18. The predicted octanol–water partition coefficient (Wildman–Crippen LogP) is 5.70. The molecule has 1 heterocycles. The molecule has 1 aliphatic rings. The van der Waals surface area contributed by atoms with Crippen LogP contribution in [0.4, 0.5) is 23.1 Å². The molecule has 0 spiro atoms. The number of sulfone groups is 1. The number of benzene rings is 2. The van der Waals surface area contributed by atoms with Gasteiger partial charge in [0.05, 0.1) is 34.7 Å². The number of rotatable bonds is 11. The van der Waals surface area contributed by atoms with E-state index < -0.39 is 21.0 Å². The van der Waals surface area contributed by atoms with Gasteiger partial charge in [0.2, 0.25) is 11.9 Å². The lowest BCUT2D eigenvalue weighted by molar-refractivity contribution is 0.0660. The van der Waals surface area contributed by atoms with Crippen molar-refractivity contribution in [1.29, 1.82) is 0 Å². The number of carbonyl (C=O) groups excluding carboxylic acids is 1. The van der Waals surface area contributed by atoms with Crippen LogP contribution in [0.2, 0.25) is 5.02 Å². The Hall–Kier alpha value is -3.21. The Bertz CT molecular complexity index is 1460. The van der Waals surface area contributed by atoms with E-state index in [9.17, 15) is 13.2 Å². The molecule has 11 heteroatoms. The minimum absolute atomic E-state index is 0.00723. The van der Waals surface area contributed by atoms with Gasteiger partial charge < -0.3 is 21.1 Å². The number of amides is 1. The Kier molecular flexibility index (Phi) is 8.25. The molecule has 202 valence electrons. The summed E-state index contributed by atoms with van der Waals surface area (Å²) in [7, 11) is -3.56. The molecular weight excluding hydrogens is 526 g/mol. The summed E-state index contributed by atoms with van der Waals surface area (Å²) < 4.78 is 31.6. The van der Waals surface area contributed by atoms with Crippen LogP contribution in [-0.4, -0.2) is 35.6 Å². The smallest absolute Gasteiger partial charge is 0.249 e. The molecular formula is C27H32ClN5O4S. The number of para-hydroxylation sites is 1. The minimum Gasteiger partial charge on any atom is -0.374 e. The first-order chi connectivity index (χ1) is 18.0. The molecule has 2 aromatic carbocycles. The number of nitrogens with two attached hydrogens (primary N) is 1. The van der Waals surface area contributed by atoms with Crippen LogP contribution in [0, 0.1) is 0 Å². The summed E-state index contributed by atoms with van der Waals surface area (Å²) in [5.41, 5.74) is 8.85. The number of anilines is 4. The first-order valence-electron chi connectivity index (χ1n) is 12.4. The number of primary amides is 1. The normalized spacial score (nSPS) is 13.7. The second kappa shape index (κ2) is 11.3. The number of hydrogen-bond donors (Lipinski definition) is 3. The maximum atomic E-state index is 12.9. The maximum Gasteiger partial charge on any atom is 0.249 e. The van der Waals surface area contributed by atoms with Gasteiger partial charge in [-0.1, -0.05) is 29.8 Å². The van der Waals surface area contributed by atoms with Crippen molar-refractivity contribution >= 4 is 50.5 Å². The van der Waals surface area contributed by atoms with Crippen LogP contribution in [0.1, 0.15) is 67.9 Å². The van der Waals surface area contributed by atoms with E-state index in [2.05, 4.69) is 20.6 Å². The van der Waals surface area contributed by atoms with Gasteiger partial charge in [-0.2, -0.15) is 4.98 Å². The molecule has 1 fully saturated rings. The SMILES string of the molecule is CC(C)OCc1cc(C2CC2)c(C(N)=O)cc1Nc1ncc(Cl)c(Nc2ccccc2S(=O)(=O)C(C)C)n1. The fraction of sp³-hybridized carbons (Fsp3) is 0.370. The maximum absolute atomic E-state index is 12.9. The zero-order valence-corrected chi connectivity index (χ0v) is 23.4. The van der Waals surface area contributed by atoms with E-state index in [0.717, 1.165) is 24.0 Å². The van der Waals surface area contributed by atoms with Gasteiger partial charge in [-0.3, -0.25) is 4.79 Å². The van der Waals surface area contributed by atoms with Gasteiger partial charge in [-0.15, -0.1) is 0 Å². The van der Waals surface area contributed by atoms with Gasteiger partial charge in [0.15, 0.2) is 15.7 Å². The fourth-order valence-electron chi connectivity index (χ4n) is 3.94. The molecule has 4 N–H and O–H groups in total. The van der Waals surface area contributed by atoms with E-state index in [0.29, 0.717) is 29.5 Å². The summed E-state index contributed by atoms with van der Waals surface area (Å²) >= 11 is 6.38. The van der Waals surface area contributed by atoms with Crippen molar-refractivity contribution < 1.29 is 17.9 Å².